The van der Waals surface area contributed by atoms with E-state index >= 15 is 0 Å². The van der Waals surface area contributed by atoms with E-state index in [0.29, 0.717) is 17.6 Å². The van der Waals surface area contributed by atoms with Gasteiger partial charge in [0.15, 0.2) is 6.61 Å². The highest BCUT2D eigenvalue weighted by atomic mass is 16.6. The van der Waals surface area contributed by atoms with Crippen LogP contribution in [0.25, 0.3) is 0 Å². The van der Waals surface area contributed by atoms with Crippen LogP contribution in [-0.2, 0) is 38.5 Å². The number of rotatable bonds is 15. The maximum atomic E-state index is 12.5. The standard InChI is InChI=1S/C34H46O7/c1-3-4-6-13-27(35)15-16-28-29-18-25-12-9-14-32(30(25)19-26(29)20-31(28)36)39-22-34(38)41-23(2)17-33(37)40-21-24-10-7-5-8-11-24/h5,7-12,14,23,26-29,31,35-36H,3-4,6,13,15-22H2,1-2H3. The molecule has 0 amide bonds. The molecule has 2 aromatic rings. The number of carbonyl (C=O) groups is 2. The van der Waals surface area contributed by atoms with E-state index in [1.165, 1.54) is 5.56 Å². The Kier molecular flexibility index (Phi) is 11.6. The molecule has 6 unspecified atom stereocenters. The van der Waals surface area contributed by atoms with Crippen LogP contribution in [0.5, 0.6) is 5.75 Å². The van der Waals surface area contributed by atoms with Crippen LogP contribution in [0.1, 0.15) is 81.9 Å². The predicted molar refractivity (Wildman–Crippen MR) is 156 cm³/mol. The number of carbonyl (C=O) groups excluding carboxylic acids is 2. The molecule has 2 aliphatic rings. The van der Waals surface area contributed by atoms with Crippen molar-refractivity contribution in [2.75, 3.05) is 6.61 Å². The van der Waals surface area contributed by atoms with Gasteiger partial charge in [-0.3, -0.25) is 4.79 Å². The Morgan fingerprint density at radius 1 is 1.00 bits per heavy atom. The highest BCUT2D eigenvalue weighted by molar-refractivity contribution is 5.73. The first-order valence-corrected chi connectivity index (χ1v) is 15.3. The van der Waals surface area contributed by atoms with Gasteiger partial charge in [0.25, 0.3) is 0 Å². The SMILES string of the molecule is CCCCCC(O)CCC1C(O)CC2Cc3c(cccc3OCC(=O)OC(C)CC(=O)OCc3ccccc3)CC21. The summed E-state index contributed by atoms with van der Waals surface area (Å²) in [6, 6.07) is 15.4. The molecule has 0 aliphatic heterocycles. The summed E-state index contributed by atoms with van der Waals surface area (Å²) in [4.78, 5) is 24.6. The summed E-state index contributed by atoms with van der Waals surface area (Å²) in [5.74, 6) is 0.672. The number of unbranched alkanes of at least 4 members (excludes halogenated alkanes) is 2. The minimum Gasteiger partial charge on any atom is -0.482 e. The molecule has 0 aromatic heterocycles. The third-order valence-electron chi connectivity index (χ3n) is 8.69. The highest BCUT2D eigenvalue weighted by Crippen LogP contribution is 2.48. The topological polar surface area (TPSA) is 102 Å². The summed E-state index contributed by atoms with van der Waals surface area (Å²) in [6.07, 6.45) is 6.95. The van der Waals surface area contributed by atoms with E-state index in [9.17, 15) is 19.8 Å². The molecule has 7 heteroatoms. The average Bonchev–Trinajstić information content (AvgIpc) is 3.26. The lowest BCUT2D eigenvalue weighted by molar-refractivity contribution is -0.156. The third-order valence-corrected chi connectivity index (χ3v) is 8.69. The van der Waals surface area contributed by atoms with Crippen molar-refractivity contribution < 1.29 is 34.0 Å². The van der Waals surface area contributed by atoms with Crippen molar-refractivity contribution >= 4 is 11.9 Å². The maximum Gasteiger partial charge on any atom is 0.344 e. The molecule has 0 radical (unpaired) electrons. The van der Waals surface area contributed by atoms with Crippen LogP contribution >= 0.6 is 0 Å². The predicted octanol–water partition coefficient (Wildman–Crippen LogP) is 5.56. The van der Waals surface area contributed by atoms with Crippen molar-refractivity contribution in [2.45, 2.75) is 103 Å². The highest BCUT2D eigenvalue weighted by Gasteiger charge is 2.44. The van der Waals surface area contributed by atoms with Gasteiger partial charge < -0.3 is 24.4 Å². The molecule has 0 heterocycles. The minimum atomic E-state index is -0.623. The molecule has 7 nitrogen and oxygen atoms in total. The van der Waals surface area contributed by atoms with Crippen molar-refractivity contribution in [3.8, 4) is 5.75 Å². The van der Waals surface area contributed by atoms with Crippen LogP contribution in [0.2, 0.25) is 0 Å². The van der Waals surface area contributed by atoms with Crippen molar-refractivity contribution in [1.29, 1.82) is 0 Å². The van der Waals surface area contributed by atoms with Crippen LogP contribution in [0, 0.1) is 17.8 Å². The Labute approximate surface area is 244 Å². The van der Waals surface area contributed by atoms with Gasteiger partial charge in [0, 0.05) is 0 Å². The molecule has 1 fully saturated rings. The van der Waals surface area contributed by atoms with Crippen LogP contribution in [0.3, 0.4) is 0 Å². The van der Waals surface area contributed by atoms with Gasteiger partial charge in [-0.05, 0) is 86.0 Å². The van der Waals surface area contributed by atoms with Crippen molar-refractivity contribution in [2.24, 2.45) is 17.8 Å². The quantitative estimate of drug-likeness (QED) is 0.215. The fourth-order valence-electron chi connectivity index (χ4n) is 6.57. The van der Waals surface area contributed by atoms with Gasteiger partial charge in [0.1, 0.15) is 18.5 Å². The molecule has 4 rings (SSSR count). The molecule has 0 saturated heterocycles. The Balaban J connectivity index is 1.24. The van der Waals surface area contributed by atoms with Gasteiger partial charge in [0.05, 0.1) is 18.6 Å². The Morgan fingerprint density at radius 2 is 1.80 bits per heavy atom. The molecular weight excluding hydrogens is 520 g/mol. The van der Waals surface area contributed by atoms with Gasteiger partial charge in [-0.2, -0.15) is 0 Å². The van der Waals surface area contributed by atoms with E-state index in [0.717, 1.165) is 68.9 Å². The van der Waals surface area contributed by atoms with Crippen LogP contribution in [-0.4, -0.2) is 47.1 Å². The van der Waals surface area contributed by atoms with Crippen molar-refractivity contribution in [3.63, 3.8) is 0 Å². The monoisotopic (exact) mass is 566 g/mol. The normalized spacial score (nSPS) is 22.7. The smallest absolute Gasteiger partial charge is 0.344 e. The van der Waals surface area contributed by atoms with E-state index in [-0.39, 0.29) is 37.8 Å². The lowest BCUT2D eigenvalue weighted by atomic mass is 9.73. The van der Waals surface area contributed by atoms with Crippen molar-refractivity contribution in [1.82, 2.24) is 0 Å². The first kappa shape index (κ1) is 31.0. The molecule has 224 valence electrons. The van der Waals surface area contributed by atoms with Gasteiger partial charge in [-0.15, -0.1) is 0 Å². The van der Waals surface area contributed by atoms with Gasteiger partial charge in [-0.1, -0.05) is 68.7 Å². The molecule has 41 heavy (non-hydrogen) atoms. The number of benzene rings is 2. The summed E-state index contributed by atoms with van der Waals surface area (Å²) in [5.41, 5.74) is 3.21. The number of hydrogen-bond acceptors (Lipinski definition) is 7. The van der Waals surface area contributed by atoms with E-state index in [1.807, 2.05) is 42.5 Å². The lowest BCUT2D eigenvalue weighted by Gasteiger charge is -2.32. The fourth-order valence-corrected chi connectivity index (χ4v) is 6.57. The maximum absolute atomic E-state index is 12.5. The molecule has 2 aliphatic carbocycles. The summed E-state index contributed by atoms with van der Waals surface area (Å²) >= 11 is 0. The number of ether oxygens (including phenoxy) is 3. The minimum absolute atomic E-state index is 0.0262. The van der Waals surface area contributed by atoms with Crippen LogP contribution in [0.4, 0.5) is 0 Å². The van der Waals surface area contributed by atoms with Gasteiger partial charge in [0.2, 0.25) is 0 Å². The first-order valence-electron chi connectivity index (χ1n) is 15.3. The number of hydrogen-bond donors (Lipinski definition) is 2. The molecule has 2 aromatic carbocycles. The zero-order valence-electron chi connectivity index (χ0n) is 24.5. The summed E-state index contributed by atoms with van der Waals surface area (Å²) in [5, 5.41) is 21.3. The summed E-state index contributed by atoms with van der Waals surface area (Å²) in [6.45, 7) is 3.77. The number of fused-ring (bicyclic) bond motifs is 2. The molecule has 1 saturated carbocycles. The Bertz CT molecular complexity index is 1120. The first-order chi connectivity index (χ1) is 19.8. The van der Waals surface area contributed by atoms with E-state index in [1.54, 1.807) is 6.92 Å². The molecule has 0 bridgehead atoms. The molecule has 2 N–H and O–H groups in total. The van der Waals surface area contributed by atoms with E-state index < -0.39 is 18.0 Å². The summed E-state index contributed by atoms with van der Waals surface area (Å²) < 4.78 is 16.6. The van der Waals surface area contributed by atoms with Gasteiger partial charge in [-0.25, -0.2) is 4.79 Å². The second-order valence-electron chi connectivity index (χ2n) is 11.9. The zero-order valence-corrected chi connectivity index (χ0v) is 24.5. The van der Waals surface area contributed by atoms with Gasteiger partial charge >= 0.3 is 11.9 Å². The number of esters is 2. The van der Waals surface area contributed by atoms with E-state index in [2.05, 4.69) is 13.0 Å². The Hall–Kier alpha value is -2.90. The Morgan fingerprint density at radius 3 is 2.59 bits per heavy atom. The number of aliphatic hydroxyl groups is 2. The summed E-state index contributed by atoms with van der Waals surface area (Å²) in [7, 11) is 0. The van der Waals surface area contributed by atoms with Crippen LogP contribution in [0.15, 0.2) is 48.5 Å². The zero-order chi connectivity index (χ0) is 29.2. The molecule has 0 spiro atoms. The third kappa shape index (κ3) is 9.04. The largest absolute Gasteiger partial charge is 0.482 e. The fraction of sp³-hybridized carbons (Fsp3) is 0.588. The van der Waals surface area contributed by atoms with E-state index in [4.69, 9.17) is 14.2 Å². The van der Waals surface area contributed by atoms with Crippen LogP contribution < -0.4 is 4.74 Å². The molecule has 6 atom stereocenters. The molecular formula is C34H46O7. The number of aliphatic hydroxyl groups excluding tert-OH is 2. The second kappa shape index (κ2) is 15.4. The lowest BCUT2D eigenvalue weighted by Crippen LogP contribution is -2.28. The second-order valence-corrected chi connectivity index (χ2v) is 11.9. The van der Waals surface area contributed by atoms with Crippen molar-refractivity contribution in [3.05, 3.63) is 65.2 Å². The average molecular weight is 567 g/mol.